The van der Waals surface area contributed by atoms with E-state index in [-0.39, 0.29) is 0 Å². The molecule has 0 aliphatic heterocycles. The van der Waals surface area contributed by atoms with Crippen molar-refractivity contribution in [2.45, 2.75) is 39.0 Å². The molecule has 2 aromatic heterocycles. The molecule has 0 fully saturated rings. The molecule has 0 saturated carbocycles. The maximum absolute atomic E-state index is 6.44. The minimum atomic E-state index is -0.436. The van der Waals surface area contributed by atoms with Gasteiger partial charge in [-0.25, -0.2) is 4.98 Å². The van der Waals surface area contributed by atoms with Crippen LogP contribution in [0.3, 0.4) is 0 Å². The van der Waals surface area contributed by atoms with Crippen molar-refractivity contribution in [1.82, 2.24) is 9.55 Å². The molecule has 52 heavy (non-hydrogen) atoms. The van der Waals surface area contributed by atoms with E-state index in [0.717, 1.165) is 46.6 Å². The van der Waals surface area contributed by atoms with E-state index in [1.807, 2.05) is 13.8 Å². The maximum atomic E-state index is 6.44. The standard InChI is InChI=1S/C47H32N2O.C2H6/c1-2-44-48-40-19-8-9-20-41(40)49(44)31-13-11-12-29(22-24-31)30-23-25-33-32-14-3-6-17-36(32)47(39(33)28-30)37-18-7-4-15-34(37)45-38(47)26-27-43-46(45)35-16-5-10-21-42(35)50-43;1-2/h3-11,13-28H,2,12H2,1H3;1-2H3. The molecule has 8 aromatic rings. The lowest BCUT2D eigenvalue weighted by molar-refractivity contribution is 0.668. The highest BCUT2D eigenvalue weighted by atomic mass is 16.3. The van der Waals surface area contributed by atoms with Crippen LogP contribution in [0.2, 0.25) is 0 Å². The van der Waals surface area contributed by atoms with Crippen molar-refractivity contribution in [2.24, 2.45) is 0 Å². The Bertz CT molecular complexity index is 2840. The lowest BCUT2D eigenvalue weighted by atomic mass is 9.70. The third-order valence-electron chi connectivity index (χ3n) is 11.2. The van der Waals surface area contributed by atoms with Crippen LogP contribution in [0.25, 0.3) is 66.5 Å². The summed E-state index contributed by atoms with van der Waals surface area (Å²) in [4.78, 5) is 4.94. The number of hydrogen-bond acceptors (Lipinski definition) is 2. The van der Waals surface area contributed by atoms with E-state index in [1.54, 1.807) is 0 Å². The molecule has 1 atom stereocenters. The highest BCUT2D eigenvalue weighted by Crippen LogP contribution is 2.64. The van der Waals surface area contributed by atoms with Crippen LogP contribution in [0.5, 0.6) is 0 Å². The summed E-state index contributed by atoms with van der Waals surface area (Å²) in [6, 6.07) is 46.7. The fraction of sp³-hybridized carbons (Fsp3) is 0.122. The predicted molar refractivity (Wildman–Crippen MR) is 216 cm³/mol. The Morgan fingerprint density at radius 2 is 1.40 bits per heavy atom. The number of fused-ring (bicyclic) bond motifs is 15. The van der Waals surface area contributed by atoms with E-state index < -0.39 is 5.41 Å². The highest BCUT2D eigenvalue weighted by Gasteiger charge is 2.52. The molecule has 6 aromatic carbocycles. The number of imidazole rings is 1. The summed E-state index contributed by atoms with van der Waals surface area (Å²) in [6.45, 7) is 6.18. The molecule has 1 unspecified atom stereocenters. The zero-order valence-electron chi connectivity index (χ0n) is 29.7. The van der Waals surface area contributed by atoms with Crippen LogP contribution in [0.15, 0.2) is 156 Å². The number of para-hydroxylation sites is 3. The molecule has 3 nitrogen and oxygen atoms in total. The molecule has 2 heterocycles. The molecule has 0 saturated heterocycles. The number of nitrogens with zero attached hydrogens (tertiary/aromatic N) is 2. The molecule has 3 aliphatic carbocycles. The smallest absolute Gasteiger partial charge is 0.136 e. The number of rotatable bonds is 3. The first-order valence-corrected chi connectivity index (χ1v) is 18.6. The molecule has 0 radical (unpaired) electrons. The minimum Gasteiger partial charge on any atom is -0.456 e. The van der Waals surface area contributed by atoms with Gasteiger partial charge in [-0.15, -0.1) is 0 Å². The Balaban J connectivity index is 0.00000166. The van der Waals surface area contributed by atoms with Crippen LogP contribution in [-0.2, 0) is 11.8 Å². The van der Waals surface area contributed by atoms with Crippen molar-refractivity contribution in [3.8, 4) is 22.3 Å². The normalized spacial score (nSPS) is 16.6. The van der Waals surface area contributed by atoms with E-state index in [2.05, 4.69) is 163 Å². The third kappa shape index (κ3) is 4.05. The lowest BCUT2D eigenvalue weighted by Gasteiger charge is -2.30. The Hall–Kier alpha value is -6.19. The van der Waals surface area contributed by atoms with Crippen LogP contribution in [-0.4, -0.2) is 9.55 Å². The molecule has 0 amide bonds. The SMILES string of the molecule is CC.CCc1nc2ccccc2n1C1=CC=C(c2ccc3c(c2)C2(c4ccccc4-3)c3ccccc3-c3c2ccc2oc4ccccc4c32)CC=C1. The summed E-state index contributed by atoms with van der Waals surface area (Å²) < 4.78 is 8.75. The van der Waals surface area contributed by atoms with Gasteiger partial charge in [-0.2, -0.15) is 0 Å². The van der Waals surface area contributed by atoms with E-state index in [0.29, 0.717) is 0 Å². The van der Waals surface area contributed by atoms with Gasteiger partial charge in [0.2, 0.25) is 0 Å². The second kappa shape index (κ2) is 11.7. The molecule has 250 valence electrons. The van der Waals surface area contributed by atoms with E-state index in [4.69, 9.17) is 9.40 Å². The van der Waals surface area contributed by atoms with Gasteiger partial charge in [0.1, 0.15) is 17.0 Å². The van der Waals surface area contributed by atoms with Gasteiger partial charge in [-0.3, -0.25) is 4.57 Å². The first-order valence-electron chi connectivity index (χ1n) is 18.6. The quantitative estimate of drug-likeness (QED) is 0.187. The summed E-state index contributed by atoms with van der Waals surface area (Å²) in [5.41, 5.74) is 17.9. The first kappa shape index (κ1) is 30.6. The lowest BCUT2D eigenvalue weighted by Crippen LogP contribution is -2.26. The topological polar surface area (TPSA) is 31.0 Å². The second-order valence-corrected chi connectivity index (χ2v) is 13.7. The fourth-order valence-corrected chi connectivity index (χ4v) is 9.22. The molecule has 11 rings (SSSR count). The largest absolute Gasteiger partial charge is 0.456 e. The van der Waals surface area contributed by atoms with Crippen molar-refractivity contribution < 1.29 is 4.42 Å². The Morgan fingerprint density at radius 1 is 0.673 bits per heavy atom. The highest BCUT2D eigenvalue weighted by molar-refractivity contribution is 6.16. The number of furan rings is 1. The second-order valence-electron chi connectivity index (χ2n) is 13.7. The van der Waals surface area contributed by atoms with Crippen molar-refractivity contribution in [3.05, 3.63) is 185 Å². The van der Waals surface area contributed by atoms with E-state index in [1.165, 1.54) is 66.4 Å². The van der Waals surface area contributed by atoms with Gasteiger partial charge in [0, 0.05) is 22.9 Å². The maximum Gasteiger partial charge on any atom is 0.136 e. The molecule has 0 bridgehead atoms. The average molecular weight is 671 g/mol. The molecular formula is C49H38N2O. The monoisotopic (exact) mass is 670 g/mol. The molecule has 1 spiro atoms. The zero-order valence-corrected chi connectivity index (χ0v) is 29.7. The third-order valence-corrected chi connectivity index (χ3v) is 11.2. The van der Waals surface area contributed by atoms with Gasteiger partial charge >= 0.3 is 0 Å². The fourth-order valence-electron chi connectivity index (χ4n) is 9.22. The van der Waals surface area contributed by atoms with E-state index >= 15 is 0 Å². The Kier molecular flexibility index (Phi) is 6.88. The number of benzene rings is 6. The number of aryl methyl sites for hydroxylation is 1. The van der Waals surface area contributed by atoms with Gasteiger partial charge < -0.3 is 4.42 Å². The summed E-state index contributed by atoms with van der Waals surface area (Å²) in [5.74, 6) is 1.08. The average Bonchev–Trinajstić information content (AvgIpc) is 3.88. The summed E-state index contributed by atoms with van der Waals surface area (Å²) in [6.07, 6.45) is 10.9. The molecule has 3 heteroatoms. The predicted octanol–water partition coefficient (Wildman–Crippen LogP) is 12.8. The number of allylic oxidation sites excluding steroid dienone is 6. The van der Waals surface area contributed by atoms with Gasteiger partial charge in [-0.1, -0.05) is 130 Å². The van der Waals surface area contributed by atoms with Crippen LogP contribution in [0.1, 0.15) is 60.8 Å². The number of aromatic nitrogens is 2. The van der Waals surface area contributed by atoms with Crippen LogP contribution in [0, 0.1) is 0 Å². The van der Waals surface area contributed by atoms with Crippen molar-refractivity contribution in [1.29, 1.82) is 0 Å². The minimum absolute atomic E-state index is 0.436. The summed E-state index contributed by atoms with van der Waals surface area (Å²) in [5, 5.41) is 2.37. The van der Waals surface area contributed by atoms with E-state index in [9.17, 15) is 0 Å². The van der Waals surface area contributed by atoms with Crippen LogP contribution in [0.4, 0.5) is 0 Å². The summed E-state index contributed by atoms with van der Waals surface area (Å²) >= 11 is 0. The van der Waals surface area contributed by atoms with Gasteiger partial charge in [0.15, 0.2) is 0 Å². The van der Waals surface area contributed by atoms with Gasteiger partial charge in [0.25, 0.3) is 0 Å². The van der Waals surface area contributed by atoms with Gasteiger partial charge in [-0.05, 0) is 105 Å². The Morgan fingerprint density at radius 3 is 2.27 bits per heavy atom. The zero-order chi connectivity index (χ0) is 35.0. The Labute approximate surface area is 303 Å². The molecular weight excluding hydrogens is 633 g/mol. The first-order chi connectivity index (χ1) is 25.8. The number of hydrogen-bond donors (Lipinski definition) is 0. The molecule has 3 aliphatic rings. The van der Waals surface area contributed by atoms with Crippen LogP contribution >= 0.6 is 0 Å². The van der Waals surface area contributed by atoms with Crippen LogP contribution < -0.4 is 0 Å². The van der Waals surface area contributed by atoms with Crippen molar-refractivity contribution in [2.75, 3.05) is 0 Å². The van der Waals surface area contributed by atoms with Crippen molar-refractivity contribution in [3.63, 3.8) is 0 Å². The molecule has 0 N–H and O–H groups in total. The summed E-state index contributed by atoms with van der Waals surface area (Å²) in [7, 11) is 0. The van der Waals surface area contributed by atoms with Gasteiger partial charge in [0.05, 0.1) is 16.4 Å². The van der Waals surface area contributed by atoms with Crippen molar-refractivity contribution >= 4 is 44.2 Å².